The first-order chi connectivity index (χ1) is 5.52. The van der Waals surface area contributed by atoms with Crippen LogP contribution < -0.4 is 5.46 Å². The standard InChI is InChI=1S/C6H5BF2O3/c8-4-1-3(7(11)12)6(10)2-5(4)9/h1-2,10-12H. The molecule has 0 aliphatic rings. The third kappa shape index (κ3) is 1.54. The van der Waals surface area contributed by atoms with Crippen LogP contribution in [0.3, 0.4) is 0 Å². The number of aromatic hydroxyl groups is 1. The fourth-order valence-electron chi connectivity index (χ4n) is 0.759. The van der Waals surface area contributed by atoms with Crippen LogP contribution in [0.25, 0.3) is 0 Å². The van der Waals surface area contributed by atoms with Crippen LogP contribution in [0.15, 0.2) is 12.1 Å². The van der Waals surface area contributed by atoms with Crippen molar-refractivity contribution in [1.82, 2.24) is 0 Å². The van der Waals surface area contributed by atoms with Gasteiger partial charge in [0.05, 0.1) is 0 Å². The van der Waals surface area contributed by atoms with Gasteiger partial charge < -0.3 is 15.2 Å². The minimum atomic E-state index is -2.01. The predicted molar refractivity (Wildman–Crippen MR) is 37.8 cm³/mol. The molecule has 6 heteroatoms. The van der Waals surface area contributed by atoms with Crippen LogP contribution in [0.2, 0.25) is 0 Å². The number of rotatable bonds is 1. The second-order valence-corrected chi connectivity index (χ2v) is 2.20. The van der Waals surface area contributed by atoms with E-state index in [1.54, 1.807) is 0 Å². The summed E-state index contributed by atoms with van der Waals surface area (Å²) in [6.45, 7) is 0. The molecule has 1 aromatic carbocycles. The van der Waals surface area contributed by atoms with Crippen LogP contribution in [0.1, 0.15) is 0 Å². The molecule has 0 aliphatic heterocycles. The quantitative estimate of drug-likeness (QED) is 0.495. The number of phenols is 1. The van der Waals surface area contributed by atoms with Gasteiger partial charge in [-0.25, -0.2) is 8.78 Å². The molecule has 12 heavy (non-hydrogen) atoms. The molecule has 0 spiro atoms. The van der Waals surface area contributed by atoms with Crippen molar-refractivity contribution in [1.29, 1.82) is 0 Å². The minimum Gasteiger partial charge on any atom is -0.508 e. The van der Waals surface area contributed by atoms with Gasteiger partial charge in [0.25, 0.3) is 0 Å². The van der Waals surface area contributed by atoms with E-state index in [1.165, 1.54) is 0 Å². The second-order valence-electron chi connectivity index (χ2n) is 2.20. The minimum absolute atomic E-state index is 0.464. The van der Waals surface area contributed by atoms with Crippen molar-refractivity contribution < 1.29 is 23.9 Å². The van der Waals surface area contributed by atoms with Crippen LogP contribution in [0.5, 0.6) is 5.75 Å². The highest BCUT2D eigenvalue weighted by Gasteiger charge is 2.18. The topological polar surface area (TPSA) is 60.7 Å². The SMILES string of the molecule is OB(O)c1cc(F)c(F)cc1O. The summed E-state index contributed by atoms with van der Waals surface area (Å²) in [4.78, 5) is 0. The van der Waals surface area contributed by atoms with E-state index in [4.69, 9.17) is 15.2 Å². The van der Waals surface area contributed by atoms with Crippen LogP contribution in [-0.4, -0.2) is 22.3 Å². The maximum atomic E-state index is 12.4. The fourth-order valence-corrected chi connectivity index (χ4v) is 0.759. The molecule has 0 bridgehead atoms. The summed E-state index contributed by atoms with van der Waals surface area (Å²) in [5.74, 6) is -3.17. The van der Waals surface area contributed by atoms with Gasteiger partial charge in [0, 0.05) is 11.5 Å². The van der Waals surface area contributed by atoms with E-state index in [0.29, 0.717) is 12.1 Å². The molecule has 1 rings (SSSR count). The molecule has 0 unspecified atom stereocenters. The normalized spacial score (nSPS) is 10.0. The third-order valence-electron chi connectivity index (χ3n) is 1.35. The van der Waals surface area contributed by atoms with E-state index in [0.717, 1.165) is 0 Å². The summed E-state index contributed by atoms with van der Waals surface area (Å²) in [6.07, 6.45) is 0. The average molecular weight is 174 g/mol. The second kappa shape index (κ2) is 3.08. The van der Waals surface area contributed by atoms with E-state index in [2.05, 4.69) is 0 Å². The lowest BCUT2D eigenvalue weighted by atomic mass is 9.79. The highest BCUT2D eigenvalue weighted by atomic mass is 19.2. The zero-order valence-electron chi connectivity index (χ0n) is 5.83. The van der Waals surface area contributed by atoms with Gasteiger partial charge in [-0.3, -0.25) is 0 Å². The molecule has 3 nitrogen and oxygen atoms in total. The summed E-state index contributed by atoms with van der Waals surface area (Å²) in [6, 6.07) is 0.999. The van der Waals surface area contributed by atoms with Gasteiger partial charge in [-0.15, -0.1) is 0 Å². The Morgan fingerprint density at radius 1 is 1.08 bits per heavy atom. The fraction of sp³-hybridized carbons (Fsp3) is 0. The van der Waals surface area contributed by atoms with Crippen molar-refractivity contribution >= 4 is 12.6 Å². The molecule has 0 fully saturated rings. The first-order valence-electron chi connectivity index (χ1n) is 3.06. The molecule has 0 aromatic heterocycles. The predicted octanol–water partition coefficient (Wildman–Crippen LogP) is -0.650. The molecule has 0 atom stereocenters. The molecule has 0 aliphatic carbocycles. The lowest BCUT2D eigenvalue weighted by molar-refractivity contribution is 0.416. The number of hydrogen-bond donors (Lipinski definition) is 3. The molecule has 0 radical (unpaired) electrons. The van der Waals surface area contributed by atoms with Crippen molar-refractivity contribution in [2.45, 2.75) is 0 Å². The first kappa shape index (κ1) is 8.96. The Morgan fingerprint density at radius 2 is 1.58 bits per heavy atom. The molecular weight excluding hydrogens is 169 g/mol. The van der Waals surface area contributed by atoms with Crippen molar-refractivity contribution in [3.05, 3.63) is 23.8 Å². The van der Waals surface area contributed by atoms with Crippen LogP contribution in [-0.2, 0) is 0 Å². The molecule has 1 aromatic rings. The highest BCUT2D eigenvalue weighted by Crippen LogP contribution is 2.11. The largest absolute Gasteiger partial charge is 0.508 e. The monoisotopic (exact) mass is 174 g/mol. The molecule has 0 heterocycles. The van der Waals surface area contributed by atoms with Gasteiger partial charge in [0.1, 0.15) is 5.75 Å². The number of benzene rings is 1. The zero-order chi connectivity index (χ0) is 9.30. The lowest BCUT2D eigenvalue weighted by Gasteiger charge is -2.02. The average Bonchev–Trinajstić information content (AvgIpc) is 1.96. The molecule has 0 saturated carbocycles. The summed E-state index contributed by atoms with van der Waals surface area (Å²) in [5.41, 5.74) is -0.464. The third-order valence-corrected chi connectivity index (χ3v) is 1.35. The molecule has 0 amide bonds. The van der Waals surface area contributed by atoms with Gasteiger partial charge in [-0.05, 0) is 6.07 Å². The number of halogens is 2. The first-order valence-corrected chi connectivity index (χ1v) is 3.06. The molecule has 0 saturated heterocycles. The smallest absolute Gasteiger partial charge is 0.492 e. The summed E-state index contributed by atoms with van der Waals surface area (Å²) < 4.78 is 24.7. The molecular formula is C6H5BF2O3. The molecule has 64 valence electrons. The maximum absolute atomic E-state index is 12.4. The van der Waals surface area contributed by atoms with Crippen LogP contribution in [0.4, 0.5) is 8.78 Å². The Labute approximate surface area is 67.0 Å². The van der Waals surface area contributed by atoms with E-state index >= 15 is 0 Å². The van der Waals surface area contributed by atoms with Gasteiger partial charge in [0.15, 0.2) is 11.6 Å². The maximum Gasteiger partial charge on any atom is 0.492 e. The Bertz CT molecular complexity index is 303. The lowest BCUT2D eigenvalue weighted by Crippen LogP contribution is -2.30. The Morgan fingerprint density at radius 3 is 2.08 bits per heavy atom. The summed E-state index contributed by atoms with van der Waals surface area (Å²) in [7, 11) is -2.01. The Hall–Kier alpha value is -1.14. The van der Waals surface area contributed by atoms with Crippen molar-refractivity contribution in [3.8, 4) is 5.75 Å². The van der Waals surface area contributed by atoms with Gasteiger partial charge in [-0.1, -0.05) is 0 Å². The highest BCUT2D eigenvalue weighted by molar-refractivity contribution is 6.59. The van der Waals surface area contributed by atoms with Crippen LogP contribution >= 0.6 is 0 Å². The Kier molecular flexibility index (Phi) is 2.30. The van der Waals surface area contributed by atoms with Crippen molar-refractivity contribution in [2.75, 3.05) is 0 Å². The van der Waals surface area contributed by atoms with Gasteiger partial charge in [-0.2, -0.15) is 0 Å². The van der Waals surface area contributed by atoms with Gasteiger partial charge >= 0.3 is 7.12 Å². The van der Waals surface area contributed by atoms with Crippen molar-refractivity contribution in [3.63, 3.8) is 0 Å². The molecule has 3 N–H and O–H groups in total. The number of phenolic OH excluding ortho intramolecular Hbond substituents is 1. The summed E-state index contributed by atoms with van der Waals surface area (Å²) >= 11 is 0. The van der Waals surface area contributed by atoms with Crippen LogP contribution in [0, 0.1) is 11.6 Å². The zero-order valence-corrected chi connectivity index (χ0v) is 5.83. The van der Waals surface area contributed by atoms with E-state index in [-0.39, 0.29) is 0 Å². The van der Waals surface area contributed by atoms with E-state index < -0.39 is 30.0 Å². The van der Waals surface area contributed by atoms with E-state index in [1.807, 2.05) is 0 Å². The van der Waals surface area contributed by atoms with Gasteiger partial charge in [0.2, 0.25) is 0 Å². The van der Waals surface area contributed by atoms with Crippen molar-refractivity contribution in [2.24, 2.45) is 0 Å². The number of hydrogen-bond acceptors (Lipinski definition) is 3. The van der Waals surface area contributed by atoms with E-state index in [9.17, 15) is 8.78 Å². The summed E-state index contributed by atoms with van der Waals surface area (Å²) in [5, 5.41) is 25.9. The Balaban J connectivity index is 3.23.